The van der Waals surface area contributed by atoms with Gasteiger partial charge in [-0.3, -0.25) is 33.7 Å². The lowest BCUT2D eigenvalue weighted by molar-refractivity contribution is -0.192. The zero-order valence-corrected chi connectivity index (χ0v) is 47.7. The van der Waals surface area contributed by atoms with Crippen LogP contribution in [0.2, 0.25) is 0 Å². The molecule has 432 valence electrons. The highest BCUT2D eigenvalue weighted by Crippen LogP contribution is 2.30. The Labute approximate surface area is 449 Å². The molecule has 22 heteroatoms. The summed E-state index contributed by atoms with van der Waals surface area (Å²) in [4.78, 5) is 96.1. The van der Waals surface area contributed by atoms with E-state index >= 15 is 0 Å². The highest BCUT2D eigenvalue weighted by atomic mass is 19.4. The molecule has 6 amide bonds. The van der Waals surface area contributed by atoms with E-state index in [1.54, 1.807) is 19.1 Å². The molecular formula is C54H90F3N9O10. The Kier molecular flexibility index (Phi) is 27.6. The first kappa shape index (κ1) is 67.0. The third-order valence-corrected chi connectivity index (χ3v) is 14.0. The number of amides is 6. The number of carbonyl (C=O) groups excluding carboxylic acids is 6. The van der Waals surface area contributed by atoms with Gasteiger partial charge in [-0.2, -0.15) is 13.2 Å². The van der Waals surface area contributed by atoms with Crippen molar-refractivity contribution in [3.8, 4) is 0 Å². The normalized spacial score (nSPS) is 18.1. The number of methoxy groups -OCH3 is 2. The van der Waals surface area contributed by atoms with Gasteiger partial charge in [0.25, 0.3) is 11.8 Å². The number of hydrogen-bond donors (Lipinski definition) is 5. The number of imide groups is 1. The number of likely N-dealkylation sites (tertiary alicyclic amines) is 1. The van der Waals surface area contributed by atoms with Crippen molar-refractivity contribution < 1.29 is 61.3 Å². The van der Waals surface area contributed by atoms with Gasteiger partial charge >= 0.3 is 12.1 Å². The van der Waals surface area contributed by atoms with Crippen LogP contribution in [-0.2, 0) is 49.5 Å². The fourth-order valence-electron chi connectivity index (χ4n) is 9.84. The molecule has 0 saturated carbocycles. The number of alkyl halides is 3. The summed E-state index contributed by atoms with van der Waals surface area (Å²) in [6.45, 7) is 21.9. The average molecular weight is 1080 g/mol. The van der Waals surface area contributed by atoms with E-state index in [0.29, 0.717) is 39.1 Å². The summed E-state index contributed by atoms with van der Waals surface area (Å²) in [6, 6.07) is 6.92. The quantitative estimate of drug-likeness (QED) is 0.0680. The van der Waals surface area contributed by atoms with Gasteiger partial charge in [0.1, 0.15) is 6.54 Å². The molecule has 0 aromatic heterocycles. The topological polar surface area (TPSA) is 222 Å². The standard InChI is InChI=1S/C52H89N9O8.C2HF3O2/c1-16-35(4)48(59(13)51(67)47(34(2)3)55-32-52(8,9)33-57(10)11)42(68-14)28-46(65)60-25-18-21-41(60)49(69-15)38(7)50(66)58(12)26-24-39-19-17-20-40(27-39)54-29-36(5)53-30-37(6)56-43(62)31-61-44(63)22-23-45(61)64;3-2(4,5)1(6)7/h17,19-20,22-23,27,34-38,41-42,47-49,53-55H,16,18,21,24-26,28-33H2,1-15H3,(H,56,62);(H,6,7)/t35-,36-,37-,38+,41-,42+,47-,48-,49+;/m0./s1. The molecule has 1 aromatic rings. The van der Waals surface area contributed by atoms with Gasteiger partial charge < -0.3 is 55.4 Å². The predicted octanol–water partition coefficient (Wildman–Crippen LogP) is 4.26. The number of ether oxygens (including phenoxy) is 2. The molecule has 2 aliphatic rings. The second-order valence-electron chi connectivity index (χ2n) is 21.9. The van der Waals surface area contributed by atoms with Crippen LogP contribution >= 0.6 is 0 Å². The first-order valence-electron chi connectivity index (χ1n) is 26.3. The number of rotatable bonds is 30. The fourth-order valence-corrected chi connectivity index (χ4v) is 9.84. The van der Waals surface area contributed by atoms with E-state index in [9.17, 15) is 41.9 Å². The number of aliphatic carboxylic acids is 1. The largest absolute Gasteiger partial charge is 0.490 e. The molecule has 0 unspecified atom stereocenters. The van der Waals surface area contributed by atoms with Crippen LogP contribution in [-0.4, -0.2) is 208 Å². The molecule has 0 spiro atoms. The monoisotopic (exact) mass is 1080 g/mol. The van der Waals surface area contributed by atoms with E-state index in [1.165, 1.54) is 0 Å². The number of carbonyl (C=O) groups is 7. The van der Waals surface area contributed by atoms with Crippen LogP contribution in [0, 0.1) is 23.2 Å². The summed E-state index contributed by atoms with van der Waals surface area (Å²) in [5.41, 5.74) is 1.97. The fraction of sp³-hybridized carbons (Fsp3) is 0.722. The van der Waals surface area contributed by atoms with Crippen molar-refractivity contribution in [3.63, 3.8) is 0 Å². The third-order valence-electron chi connectivity index (χ3n) is 14.0. The predicted molar refractivity (Wildman–Crippen MR) is 286 cm³/mol. The molecule has 1 saturated heterocycles. The van der Waals surface area contributed by atoms with Gasteiger partial charge in [-0.25, -0.2) is 4.79 Å². The molecule has 0 aliphatic carbocycles. The Morgan fingerprint density at radius 1 is 0.882 bits per heavy atom. The Hall–Kier alpha value is -5.16. The minimum atomic E-state index is -5.08. The molecule has 9 atom stereocenters. The molecule has 0 radical (unpaired) electrons. The lowest BCUT2D eigenvalue weighted by Crippen LogP contribution is -2.58. The van der Waals surface area contributed by atoms with Crippen molar-refractivity contribution in [2.75, 3.05) is 93.5 Å². The third kappa shape index (κ3) is 21.3. The molecular weight excluding hydrogens is 992 g/mol. The minimum Gasteiger partial charge on any atom is -0.475 e. The van der Waals surface area contributed by atoms with Crippen LogP contribution in [0.3, 0.4) is 0 Å². The number of nitrogens with one attached hydrogen (secondary N) is 4. The molecule has 5 N–H and O–H groups in total. The van der Waals surface area contributed by atoms with Crippen LogP contribution < -0.4 is 21.3 Å². The molecule has 2 aliphatic heterocycles. The SMILES string of the molecule is CC[C@H](C)[C@@H]([C@@H](CC(=O)N1CCC[C@H]1[C@H](OC)[C@@H](C)C(=O)N(C)CCc1cccc(NC[C@H](C)NC[C@H](C)NC(=O)CN2C(=O)C=CC2=O)c1)OC)N(C)C(=O)[C@@H](NCC(C)(C)CN(C)C)C(C)C.O=C(O)C(F)(F)F. The summed E-state index contributed by atoms with van der Waals surface area (Å²) >= 11 is 0. The molecule has 2 heterocycles. The van der Waals surface area contributed by atoms with Crippen molar-refractivity contribution in [2.45, 2.75) is 143 Å². The Bertz CT molecular complexity index is 2070. The molecule has 1 fully saturated rings. The minimum absolute atomic E-state index is 0.00904. The van der Waals surface area contributed by atoms with Gasteiger partial charge in [0, 0.05) is 97.5 Å². The van der Waals surface area contributed by atoms with Gasteiger partial charge in [-0.1, -0.05) is 67.0 Å². The maximum absolute atomic E-state index is 14.4. The van der Waals surface area contributed by atoms with Crippen molar-refractivity contribution >= 4 is 47.1 Å². The number of halogens is 3. The average Bonchev–Trinajstić information content (AvgIpc) is 3.96. The highest BCUT2D eigenvalue weighted by Gasteiger charge is 2.43. The van der Waals surface area contributed by atoms with E-state index in [1.807, 2.05) is 62.9 Å². The number of carboxylic acid groups (broad SMARTS) is 1. The molecule has 76 heavy (non-hydrogen) atoms. The van der Waals surface area contributed by atoms with Gasteiger partial charge in [0.15, 0.2) is 0 Å². The van der Waals surface area contributed by atoms with E-state index in [-0.39, 0.29) is 72.1 Å². The van der Waals surface area contributed by atoms with Crippen molar-refractivity contribution in [3.05, 3.63) is 42.0 Å². The first-order valence-corrected chi connectivity index (χ1v) is 26.3. The van der Waals surface area contributed by atoms with E-state index in [0.717, 1.165) is 54.1 Å². The van der Waals surface area contributed by atoms with E-state index < -0.39 is 54.0 Å². The van der Waals surface area contributed by atoms with Gasteiger partial charge in [0.05, 0.1) is 42.7 Å². The zero-order chi connectivity index (χ0) is 57.8. The number of anilines is 1. The number of nitrogens with zero attached hydrogens (tertiary/aromatic N) is 5. The number of carboxylic acids is 1. The zero-order valence-electron chi connectivity index (χ0n) is 47.7. The Balaban J connectivity index is 0.00000263. The smallest absolute Gasteiger partial charge is 0.475 e. The maximum Gasteiger partial charge on any atom is 0.490 e. The molecule has 3 rings (SSSR count). The van der Waals surface area contributed by atoms with Crippen LogP contribution in [0.5, 0.6) is 0 Å². The van der Waals surface area contributed by atoms with Crippen LogP contribution in [0.25, 0.3) is 0 Å². The summed E-state index contributed by atoms with van der Waals surface area (Å²) in [5.74, 6) is -4.67. The lowest BCUT2D eigenvalue weighted by atomic mass is 9.88. The second-order valence-corrected chi connectivity index (χ2v) is 21.9. The summed E-state index contributed by atoms with van der Waals surface area (Å²) in [7, 11) is 11.0. The molecule has 1 aromatic carbocycles. The van der Waals surface area contributed by atoms with Gasteiger partial charge in [-0.05, 0) is 82.2 Å². The Morgan fingerprint density at radius 2 is 1.50 bits per heavy atom. The van der Waals surface area contributed by atoms with Crippen molar-refractivity contribution in [1.82, 2.24) is 40.4 Å². The van der Waals surface area contributed by atoms with E-state index in [2.05, 4.69) is 87.9 Å². The molecule has 0 bridgehead atoms. The summed E-state index contributed by atoms with van der Waals surface area (Å²) in [5, 5.41) is 20.4. The van der Waals surface area contributed by atoms with Crippen LogP contribution in [0.1, 0.15) is 93.6 Å². The Morgan fingerprint density at radius 3 is 2.04 bits per heavy atom. The molecule has 19 nitrogen and oxygen atoms in total. The van der Waals surface area contributed by atoms with Gasteiger partial charge in [0.2, 0.25) is 23.6 Å². The highest BCUT2D eigenvalue weighted by molar-refractivity contribution is 6.14. The number of benzene rings is 1. The maximum atomic E-state index is 14.4. The summed E-state index contributed by atoms with van der Waals surface area (Å²) in [6.07, 6.45) is -0.757. The van der Waals surface area contributed by atoms with Gasteiger partial charge in [-0.15, -0.1) is 0 Å². The lowest BCUT2D eigenvalue weighted by Gasteiger charge is -2.41. The van der Waals surface area contributed by atoms with Crippen molar-refractivity contribution in [2.24, 2.45) is 23.2 Å². The summed E-state index contributed by atoms with van der Waals surface area (Å²) < 4.78 is 43.9. The number of likely N-dealkylation sites (N-methyl/N-ethyl adjacent to an activating group) is 2. The van der Waals surface area contributed by atoms with Crippen LogP contribution in [0.4, 0.5) is 18.9 Å². The van der Waals surface area contributed by atoms with E-state index in [4.69, 9.17) is 19.4 Å². The number of hydrogen-bond acceptors (Lipinski definition) is 13. The second kappa shape index (κ2) is 31.3. The first-order chi connectivity index (χ1) is 35.4. The van der Waals surface area contributed by atoms with Crippen molar-refractivity contribution in [1.29, 1.82) is 0 Å². The van der Waals surface area contributed by atoms with Crippen LogP contribution in [0.15, 0.2) is 36.4 Å².